The van der Waals surface area contributed by atoms with Crippen molar-refractivity contribution in [3.63, 3.8) is 0 Å². The number of fused-ring (bicyclic) bond motifs is 1. The van der Waals surface area contributed by atoms with Crippen LogP contribution in [-0.2, 0) is 4.74 Å². The molecule has 22 heavy (non-hydrogen) atoms. The van der Waals surface area contributed by atoms with E-state index in [0.29, 0.717) is 23.8 Å². The summed E-state index contributed by atoms with van der Waals surface area (Å²) in [5, 5.41) is 4.19. The standard InChI is InChI=1S/C13H16N4O3.C2H6/c1-8-5-14-16-6-9(19-4)11(15-10(8)16)17-12(18)20-7-13(17,2)3;1-2/h5-6H,7H2,1-4H3;1-2H3. The van der Waals surface area contributed by atoms with Crippen molar-refractivity contribution in [2.75, 3.05) is 18.6 Å². The minimum absolute atomic E-state index is 0.320. The molecule has 2 aromatic rings. The van der Waals surface area contributed by atoms with Gasteiger partial charge in [0.2, 0.25) is 0 Å². The van der Waals surface area contributed by atoms with Crippen molar-refractivity contribution in [1.29, 1.82) is 0 Å². The monoisotopic (exact) mass is 306 g/mol. The molecule has 0 saturated carbocycles. The highest BCUT2D eigenvalue weighted by Gasteiger charge is 2.43. The predicted molar refractivity (Wildman–Crippen MR) is 83.5 cm³/mol. The Bertz CT molecular complexity index is 693. The summed E-state index contributed by atoms with van der Waals surface area (Å²) in [5.41, 5.74) is 1.15. The first-order valence-corrected chi connectivity index (χ1v) is 7.30. The summed E-state index contributed by atoms with van der Waals surface area (Å²) in [6.45, 7) is 10.1. The lowest BCUT2D eigenvalue weighted by molar-refractivity contribution is 0.175. The number of carbonyl (C=O) groups excluding carboxylic acids is 1. The van der Waals surface area contributed by atoms with Crippen molar-refractivity contribution in [2.24, 2.45) is 0 Å². The Morgan fingerprint density at radius 1 is 1.36 bits per heavy atom. The Morgan fingerprint density at radius 3 is 2.59 bits per heavy atom. The quantitative estimate of drug-likeness (QED) is 0.853. The maximum absolute atomic E-state index is 12.0. The van der Waals surface area contributed by atoms with Crippen molar-refractivity contribution in [2.45, 2.75) is 40.2 Å². The normalized spacial score (nSPS) is 16.3. The van der Waals surface area contributed by atoms with Gasteiger partial charge in [0.25, 0.3) is 0 Å². The van der Waals surface area contributed by atoms with Crippen LogP contribution in [-0.4, -0.2) is 39.9 Å². The zero-order valence-electron chi connectivity index (χ0n) is 13.9. The number of carbonyl (C=O) groups is 1. The number of cyclic esters (lactones) is 1. The summed E-state index contributed by atoms with van der Waals surface area (Å²) in [6, 6.07) is 0. The molecule has 7 nitrogen and oxygen atoms in total. The number of nitrogens with zero attached hydrogens (tertiary/aromatic N) is 4. The Labute approximate surface area is 129 Å². The third-order valence-corrected chi connectivity index (χ3v) is 3.39. The predicted octanol–water partition coefficient (Wildman–Crippen LogP) is 2.81. The molecule has 0 bridgehead atoms. The second kappa shape index (κ2) is 5.82. The molecule has 0 atom stereocenters. The fourth-order valence-corrected chi connectivity index (χ4v) is 2.29. The minimum Gasteiger partial charge on any atom is -0.491 e. The van der Waals surface area contributed by atoms with Crippen LogP contribution >= 0.6 is 0 Å². The zero-order valence-corrected chi connectivity index (χ0v) is 13.9. The lowest BCUT2D eigenvalue weighted by Gasteiger charge is -2.27. The first-order valence-electron chi connectivity index (χ1n) is 7.30. The number of aromatic nitrogens is 3. The molecule has 7 heteroatoms. The lowest BCUT2D eigenvalue weighted by atomic mass is 10.1. The van der Waals surface area contributed by atoms with E-state index in [-0.39, 0.29) is 0 Å². The van der Waals surface area contributed by atoms with Gasteiger partial charge in [-0.05, 0) is 20.8 Å². The summed E-state index contributed by atoms with van der Waals surface area (Å²) in [6.07, 6.45) is 3.02. The summed E-state index contributed by atoms with van der Waals surface area (Å²) >= 11 is 0. The molecule has 2 aromatic heterocycles. The third kappa shape index (κ3) is 2.47. The number of aryl methyl sites for hydroxylation is 1. The van der Waals surface area contributed by atoms with Gasteiger partial charge in [0.05, 0.1) is 25.0 Å². The van der Waals surface area contributed by atoms with Crippen LogP contribution in [0.25, 0.3) is 5.65 Å². The second-order valence-corrected chi connectivity index (χ2v) is 5.43. The van der Waals surface area contributed by atoms with Crippen molar-refractivity contribution in [3.05, 3.63) is 18.0 Å². The topological polar surface area (TPSA) is 69.0 Å². The molecule has 1 saturated heterocycles. The molecule has 0 unspecified atom stereocenters. The summed E-state index contributed by atoms with van der Waals surface area (Å²) in [5.74, 6) is 0.934. The molecule has 1 aliphatic heterocycles. The molecule has 0 aromatic carbocycles. The molecular formula is C15H22N4O3. The molecule has 0 spiro atoms. The molecule has 1 amide bonds. The van der Waals surface area contributed by atoms with E-state index in [1.807, 2.05) is 34.6 Å². The van der Waals surface area contributed by atoms with Crippen LogP contribution < -0.4 is 9.64 Å². The van der Waals surface area contributed by atoms with Gasteiger partial charge >= 0.3 is 6.09 Å². The molecule has 3 heterocycles. The number of hydrogen-bond donors (Lipinski definition) is 0. The van der Waals surface area contributed by atoms with Gasteiger partial charge in [-0.3, -0.25) is 0 Å². The van der Waals surface area contributed by atoms with E-state index in [0.717, 1.165) is 5.56 Å². The lowest BCUT2D eigenvalue weighted by Crippen LogP contribution is -2.42. The molecule has 120 valence electrons. The van der Waals surface area contributed by atoms with E-state index in [4.69, 9.17) is 9.47 Å². The van der Waals surface area contributed by atoms with E-state index in [1.54, 1.807) is 16.9 Å². The molecule has 0 aliphatic carbocycles. The van der Waals surface area contributed by atoms with Crippen LogP contribution in [0.2, 0.25) is 0 Å². The third-order valence-electron chi connectivity index (χ3n) is 3.39. The molecule has 0 radical (unpaired) electrons. The highest BCUT2D eigenvalue weighted by atomic mass is 16.6. The Balaban J connectivity index is 0.000000847. The SMILES string of the molecule is CC.COc1cn2ncc(C)c2nc1N1C(=O)OCC1(C)C. The van der Waals surface area contributed by atoms with E-state index >= 15 is 0 Å². The molecular weight excluding hydrogens is 284 g/mol. The fourth-order valence-electron chi connectivity index (χ4n) is 2.29. The van der Waals surface area contributed by atoms with E-state index in [1.165, 1.54) is 12.0 Å². The fraction of sp³-hybridized carbons (Fsp3) is 0.533. The van der Waals surface area contributed by atoms with Crippen molar-refractivity contribution in [3.8, 4) is 5.75 Å². The van der Waals surface area contributed by atoms with E-state index in [9.17, 15) is 4.79 Å². The van der Waals surface area contributed by atoms with Crippen molar-refractivity contribution >= 4 is 17.6 Å². The Hall–Kier alpha value is -2.31. The van der Waals surface area contributed by atoms with Crippen LogP contribution in [0.3, 0.4) is 0 Å². The maximum atomic E-state index is 12.0. The summed E-state index contributed by atoms with van der Waals surface area (Å²) in [4.78, 5) is 18.1. The number of anilines is 1. The zero-order chi connectivity index (χ0) is 16.5. The van der Waals surface area contributed by atoms with Crippen LogP contribution in [0.5, 0.6) is 5.75 Å². The highest BCUT2D eigenvalue weighted by Crippen LogP contribution is 2.35. The van der Waals surface area contributed by atoms with Crippen molar-refractivity contribution < 1.29 is 14.3 Å². The van der Waals surface area contributed by atoms with Gasteiger partial charge in [-0.15, -0.1) is 0 Å². The van der Waals surface area contributed by atoms with E-state index in [2.05, 4.69) is 10.1 Å². The van der Waals surface area contributed by atoms with Crippen LogP contribution in [0.1, 0.15) is 33.3 Å². The summed E-state index contributed by atoms with van der Waals surface area (Å²) in [7, 11) is 1.54. The van der Waals surface area contributed by atoms with E-state index < -0.39 is 11.6 Å². The average Bonchev–Trinajstić information content (AvgIpc) is 3.00. The van der Waals surface area contributed by atoms with Crippen LogP contribution in [0.4, 0.5) is 10.6 Å². The number of ether oxygens (including phenoxy) is 2. The Kier molecular flexibility index (Phi) is 4.25. The largest absolute Gasteiger partial charge is 0.491 e. The summed E-state index contributed by atoms with van der Waals surface area (Å²) < 4.78 is 12.1. The van der Waals surface area contributed by atoms with Gasteiger partial charge in [0, 0.05) is 5.56 Å². The molecule has 1 aliphatic rings. The van der Waals surface area contributed by atoms with Gasteiger partial charge in [0.1, 0.15) is 6.61 Å². The second-order valence-electron chi connectivity index (χ2n) is 5.43. The first-order chi connectivity index (χ1) is 10.4. The van der Waals surface area contributed by atoms with Gasteiger partial charge in [-0.25, -0.2) is 19.2 Å². The van der Waals surface area contributed by atoms with Gasteiger partial charge in [-0.2, -0.15) is 5.10 Å². The number of methoxy groups -OCH3 is 1. The molecule has 1 fully saturated rings. The highest BCUT2D eigenvalue weighted by molar-refractivity contribution is 5.92. The van der Waals surface area contributed by atoms with Gasteiger partial charge < -0.3 is 9.47 Å². The number of rotatable bonds is 2. The van der Waals surface area contributed by atoms with Crippen LogP contribution in [0.15, 0.2) is 12.4 Å². The smallest absolute Gasteiger partial charge is 0.416 e. The average molecular weight is 306 g/mol. The van der Waals surface area contributed by atoms with Gasteiger partial charge in [-0.1, -0.05) is 13.8 Å². The number of amides is 1. The van der Waals surface area contributed by atoms with Gasteiger partial charge in [0.15, 0.2) is 17.2 Å². The maximum Gasteiger partial charge on any atom is 0.416 e. The minimum atomic E-state index is -0.469. The molecule has 3 rings (SSSR count). The van der Waals surface area contributed by atoms with Crippen molar-refractivity contribution in [1.82, 2.24) is 14.6 Å². The number of hydrogen-bond acceptors (Lipinski definition) is 5. The Morgan fingerprint density at radius 2 is 2.05 bits per heavy atom. The van der Waals surface area contributed by atoms with Crippen LogP contribution in [0, 0.1) is 6.92 Å². The first kappa shape index (κ1) is 16.1. The molecule has 0 N–H and O–H groups in total.